The number of hydrogen-bond donors (Lipinski definition) is 3. The first-order valence-corrected chi connectivity index (χ1v) is 10.2. The second-order valence-electron chi connectivity index (χ2n) is 8.85. The van der Waals surface area contributed by atoms with Gasteiger partial charge in [-0.1, -0.05) is 12.1 Å². The van der Waals surface area contributed by atoms with Crippen LogP contribution in [0.2, 0.25) is 0 Å². The van der Waals surface area contributed by atoms with E-state index in [1.165, 1.54) is 12.8 Å². The third-order valence-electron chi connectivity index (χ3n) is 7.18. The van der Waals surface area contributed by atoms with Crippen molar-refractivity contribution >= 4 is 17.7 Å². The molecule has 1 saturated heterocycles. The van der Waals surface area contributed by atoms with Gasteiger partial charge >= 0.3 is 0 Å². The molecule has 2 aliphatic heterocycles. The fourth-order valence-electron chi connectivity index (χ4n) is 5.61. The Balaban J connectivity index is 1.29. The molecule has 4 N–H and O–H groups in total. The van der Waals surface area contributed by atoms with Crippen molar-refractivity contribution in [3.63, 3.8) is 0 Å². The molecule has 1 aromatic carbocycles. The highest BCUT2D eigenvalue weighted by Gasteiger charge is 2.50. The first-order chi connectivity index (χ1) is 13.4. The molecule has 0 aromatic heterocycles. The Morgan fingerprint density at radius 3 is 2.82 bits per heavy atom. The Morgan fingerprint density at radius 1 is 1.25 bits per heavy atom. The maximum absolute atomic E-state index is 12.8. The van der Waals surface area contributed by atoms with Gasteiger partial charge in [-0.15, -0.1) is 0 Å². The number of amides is 3. The molecule has 1 unspecified atom stereocenters. The van der Waals surface area contributed by atoms with E-state index in [4.69, 9.17) is 5.73 Å². The third kappa shape index (κ3) is 2.76. The fourth-order valence-corrected chi connectivity index (χ4v) is 5.61. The van der Waals surface area contributed by atoms with E-state index < -0.39 is 6.04 Å². The first kappa shape index (κ1) is 17.8. The molecule has 2 heterocycles. The molecule has 0 radical (unpaired) electrons. The molecule has 7 heteroatoms. The minimum atomic E-state index is -0.565. The maximum Gasteiger partial charge on any atom is 0.255 e. The molecule has 7 nitrogen and oxygen atoms in total. The van der Waals surface area contributed by atoms with E-state index in [2.05, 4.69) is 16.7 Å². The summed E-state index contributed by atoms with van der Waals surface area (Å²) in [5.74, 6) is 0.00287. The molecule has 148 valence electrons. The van der Waals surface area contributed by atoms with Gasteiger partial charge in [-0.25, -0.2) is 0 Å². The number of piperidine rings is 1. The molecule has 3 amide bonds. The largest absolute Gasteiger partial charge is 0.326 e. The molecule has 2 aliphatic carbocycles. The second kappa shape index (κ2) is 6.39. The van der Waals surface area contributed by atoms with Gasteiger partial charge in [0.25, 0.3) is 5.91 Å². The molecule has 28 heavy (non-hydrogen) atoms. The summed E-state index contributed by atoms with van der Waals surface area (Å²) in [6.45, 7) is 1.15. The highest BCUT2D eigenvalue weighted by Crippen LogP contribution is 2.47. The van der Waals surface area contributed by atoms with Crippen LogP contribution in [0.1, 0.15) is 60.0 Å². The van der Waals surface area contributed by atoms with Crippen LogP contribution in [-0.2, 0) is 22.7 Å². The molecule has 5 rings (SSSR count). The zero-order valence-electron chi connectivity index (χ0n) is 15.9. The standard InChI is InChI=1S/C21H26N4O3/c22-17-8-12-5-6-21(17,9-12)23-10-13-1-2-15-14(7-13)11-25(20(15)28)16-3-4-18(26)24-19(16)27/h1-2,7,12,16-17,23H,3-6,8-11,22H2,(H,24,26,27)/t12-,16?,17+,21+/m0/s1. The summed E-state index contributed by atoms with van der Waals surface area (Å²) in [6.07, 6.45) is 5.36. The molecular formula is C21H26N4O3. The van der Waals surface area contributed by atoms with Crippen LogP contribution < -0.4 is 16.4 Å². The Hall–Kier alpha value is -2.25. The lowest BCUT2D eigenvalue weighted by molar-refractivity contribution is -0.136. The van der Waals surface area contributed by atoms with Gasteiger partial charge in [0.15, 0.2) is 0 Å². The van der Waals surface area contributed by atoms with E-state index in [9.17, 15) is 14.4 Å². The normalized spacial score (nSPS) is 34.1. The van der Waals surface area contributed by atoms with Crippen LogP contribution in [0.5, 0.6) is 0 Å². The number of nitrogens with one attached hydrogen (secondary N) is 2. The SMILES string of the molecule is N[C@@H]1C[C@@H]2CC[C@@]1(NCc1ccc3c(c1)CN(C1CCC(=O)NC1=O)C3=O)C2. The summed E-state index contributed by atoms with van der Waals surface area (Å²) in [6, 6.07) is 5.58. The van der Waals surface area contributed by atoms with Gasteiger partial charge in [0, 0.05) is 36.7 Å². The van der Waals surface area contributed by atoms with Crippen molar-refractivity contribution in [2.75, 3.05) is 0 Å². The maximum atomic E-state index is 12.8. The second-order valence-corrected chi connectivity index (χ2v) is 8.85. The van der Waals surface area contributed by atoms with E-state index in [1.807, 2.05) is 12.1 Å². The summed E-state index contributed by atoms with van der Waals surface area (Å²) in [4.78, 5) is 37.9. The van der Waals surface area contributed by atoms with Gasteiger partial charge in [-0.3, -0.25) is 19.7 Å². The van der Waals surface area contributed by atoms with Gasteiger partial charge in [0.1, 0.15) is 6.04 Å². The molecule has 2 bridgehead atoms. The first-order valence-electron chi connectivity index (χ1n) is 10.2. The quantitative estimate of drug-likeness (QED) is 0.669. The Kier molecular flexibility index (Phi) is 4.07. The molecule has 4 aliphatic rings. The van der Waals surface area contributed by atoms with E-state index in [0.29, 0.717) is 18.5 Å². The predicted octanol–water partition coefficient (Wildman–Crippen LogP) is 0.807. The van der Waals surface area contributed by atoms with E-state index in [1.54, 1.807) is 4.90 Å². The van der Waals surface area contributed by atoms with E-state index in [0.717, 1.165) is 36.4 Å². The van der Waals surface area contributed by atoms with Crippen LogP contribution in [0.15, 0.2) is 18.2 Å². The van der Waals surface area contributed by atoms with Crippen molar-refractivity contribution in [3.8, 4) is 0 Å². The minimum Gasteiger partial charge on any atom is -0.326 e. The van der Waals surface area contributed by atoms with Gasteiger partial charge in [0.05, 0.1) is 0 Å². The zero-order chi connectivity index (χ0) is 19.5. The van der Waals surface area contributed by atoms with Crippen LogP contribution in [0.4, 0.5) is 0 Å². The number of benzene rings is 1. The van der Waals surface area contributed by atoms with Crippen molar-refractivity contribution in [2.45, 2.75) is 69.2 Å². The van der Waals surface area contributed by atoms with Gasteiger partial charge in [-0.05, 0) is 55.2 Å². The van der Waals surface area contributed by atoms with Crippen molar-refractivity contribution < 1.29 is 14.4 Å². The third-order valence-corrected chi connectivity index (χ3v) is 7.18. The number of hydrogen-bond acceptors (Lipinski definition) is 5. The van der Waals surface area contributed by atoms with Gasteiger partial charge in [-0.2, -0.15) is 0 Å². The smallest absolute Gasteiger partial charge is 0.255 e. The molecule has 4 atom stereocenters. The van der Waals surface area contributed by atoms with Crippen LogP contribution in [0.25, 0.3) is 0 Å². The van der Waals surface area contributed by atoms with Crippen LogP contribution in [0, 0.1) is 5.92 Å². The van der Waals surface area contributed by atoms with Gasteiger partial charge < -0.3 is 16.0 Å². The monoisotopic (exact) mass is 382 g/mol. The fraction of sp³-hybridized carbons (Fsp3) is 0.571. The topological polar surface area (TPSA) is 105 Å². The van der Waals surface area contributed by atoms with Crippen LogP contribution in [0.3, 0.4) is 0 Å². The van der Waals surface area contributed by atoms with Crippen LogP contribution >= 0.6 is 0 Å². The number of nitrogens with two attached hydrogens (primary N) is 1. The highest BCUT2D eigenvalue weighted by molar-refractivity contribution is 6.05. The molecule has 2 saturated carbocycles. The summed E-state index contributed by atoms with van der Waals surface area (Å²) in [5.41, 5.74) is 9.18. The number of rotatable bonds is 4. The average Bonchev–Trinajstić information content (AvgIpc) is 3.31. The predicted molar refractivity (Wildman–Crippen MR) is 102 cm³/mol. The Labute approximate surface area is 164 Å². The molecular weight excluding hydrogens is 356 g/mol. The van der Waals surface area contributed by atoms with Crippen molar-refractivity contribution in [3.05, 3.63) is 34.9 Å². The van der Waals surface area contributed by atoms with Crippen molar-refractivity contribution in [2.24, 2.45) is 11.7 Å². The minimum absolute atomic E-state index is 0.0677. The number of fused-ring (bicyclic) bond motifs is 3. The zero-order valence-corrected chi connectivity index (χ0v) is 15.9. The Morgan fingerprint density at radius 2 is 2.11 bits per heavy atom. The Bertz CT molecular complexity index is 869. The number of nitrogens with zero attached hydrogens (tertiary/aromatic N) is 1. The lowest BCUT2D eigenvalue weighted by atomic mass is 9.88. The summed E-state index contributed by atoms with van der Waals surface area (Å²) >= 11 is 0. The molecule has 1 aromatic rings. The molecule has 0 spiro atoms. The molecule has 3 fully saturated rings. The lowest BCUT2D eigenvalue weighted by Gasteiger charge is -2.34. The van der Waals surface area contributed by atoms with E-state index in [-0.39, 0.29) is 35.7 Å². The summed E-state index contributed by atoms with van der Waals surface area (Å²) < 4.78 is 0. The number of carbonyl (C=O) groups is 3. The average molecular weight is 382 g/mol. The summed E-state index contributed by atoms with van der Waals surface area (Å²) in [7, 11) is 0. The number of imide groups is 1. The van der Waals surface area contributed by atoms with Gasteiger partial charge in [0.2, 0.25) is 11.8 Å². The van der Waals surface area contributed by atoms with Crippen LogP contribution in [-0.4, -0.2) is 40.2 Å². The lowest BCUT2D eigenvalue weighted by Crippen LogP contribution is -2.54. The highest BCUT2D eigenvalue weighted by atomic mass is 16.2. The van der Waals surface area contributed by atoms with E-state index >= 15 is 0 Å². The summed E-state index contributed by atoms with van der Waals surface area (Å²) in [5, 5.41) is 6.06. The van der Waals surface area contributed by atoms with Crippen molar-refractivity contribution in [1.29, 1.82) is 0 Å². The van der Waals surface area contributed by atoms with Crippen molar-refractivity contribution in [1.82, 2.24) is 15.5 Å². The number of carbonyl (C=O) groups excluding carboxylic acids is 3.